The van der Waals surface area contributed by atoms with Crippen LogP contribution in [0.25, 0.3) is 6.08 Å². The molecule has 3 nitrogen and oxygen atoms in total. The minimum atomic E-state index is 0.279. The summed E-state index contributed by atoms with van der Waals surface area (Å²) in [5.74, 6) is 0.279. The molecule has 0 N–H and O–H groups in total. The lowest BCUT2D eigenvalue weighted by Crippen LogP contribution is -2.35. The molecule has 0 spiro atoms. The molecule has 3 heteroatoms. The van der Waals surface area contributed by atoms with Crippen molar-refractivity contribution in [3.05, 3.63) is 35.7 Å². The Morgan fingerprint density at radius 3 is 2.88 bits per heavy atom. The second kappa shape index (κ2) is 5.03. The number of aromatic nitrogens is 1. The van der Waals surface area contributed by atoms with Crippen LogP contribution in [0.3, 0.4) is 0 Å². The Balaban J connectivity index is 2.18. The molecule has 1 aromatic heterocycles. The number of carbonyl (C=O) groups excluding carboxylic acids is 1. The maximum Gasteiger partial charge on any atom is 0.161 e. The van der Waals surface area contributed by atoms with Gasteiger partial charge in [-0.3, -0.25) is 14.7 Å². The van der Waals surface area contributed by atoms with E-state index in [1.807, 2.05) is 18.2 Å². The van der Waals surface area contributed by atoms with Gasteiger partial charge >= 0.3 is 0 Å². The Bertz CT molecular complexity index is 398. The number of nitrogens with zero attached hydrogens (tertiary/aromatic N) is 2. The summed E-state index contributed by atoms with van der Waals surface area (Å²) in [5.41, 5.74) is 1.97. The Labute approximate surface area is 95.8 Å². The fourth-order valence-electron chi connectivity index (χ4n) is 1.89. The summed E-state index contributed by atoms with van der Waals surface area (Å²) in [6.07, 6.45) is 6.12. The number of likely N-dealkylation sites (tertiary alicyclic amines) is 1. The number of likely N-dealkylation sites (N-methyl/N-ethyl adjacent to an activating group) is 1. The van der Waals surface area contributed by atoms with E-state index in [1.165, 1.54) is 0 Å². The van der Waals surface area contributed by atoms with Crippen molar-refractivity contribution in [3.63, 3.8) is 0 Å². The topological polar surface area (TPSA) is 33.2 Å². The maximum absolute atomic E-state index is 11.7. The van der Waals surface area contributed by atoms with Crippen molar-refractivity contribution in [1.82, 2.24) is 9.88 Å². The van der Waals surface area contributed by atoms with Gasteiger partial charge in [0.15, 0.2) is 5.78 Å². The first kappa shape index (κ1) is 11.0. The second-order valence-corrected chi connectivity index (χ2v) is 3.99. The summed E-state index contributed by atoms with van der Waals surface area (Å²) in [4.78, 5) is 18.0. The lowest BCUT2D eigenvalue weighted by molar-refractivity contribution is -0.117. The quantitative estimate of drug-likeness (QED) is 0.706. The van der Waals surface area contributed by atoms with Gasteiger partial charge in [0.2, 0.25) is 0 Å². The minimum absolute atomic E-state index is 0.279. The largest absolute Gasteiger partial charge is 0.299 e. The number of ketones is 1. The first-order valence-corrected chi connectivity index (χ1v) is 5.65. The summed E-state index contributed by atoms with van der Waals surface area (Å²) >= 11 is 0. The van der Waals surface area contributed by atoms with Crippen molar-refractivity contribution in [3.8, 4) is 0 Å². The van der Waals surface area contributed by atoms with Gasteiger partial charge in [-0.05, 0) is 30.3 Å². The molecule has 0 aromatic carbocycles. The second-order valence-electron chi connectivity index (χ2n) is 3.99. The summed E-state index contributed by atoms with van der Waals surface area (Å²) in [5, 5.41) is 0. The molecule has 1 saturated heterocycles. The van der Waals surface area contributed by atoms with Gasteiger partial charge in [-0.15, -0.1) is 0 Å². The molecule has 1 aliphatic rings. The minimum Gasteiger partial charge on any atom is -0.299 e. The zero-order chi connectivity index (χ0) is 11.4. The average molecular weight is 216 g/mol. The highest BCUT2D eigenvalue weighted by Crippen LogP contribution is 2.15. The van der Waals surface area contributed by atoms with Crippen molar-refractivity contribution in [1.29, 1.82) is 0 Å². The van der Waals surface area contributed by atoms with Crippen LogP contribution >= 0.6 is 0 Å². The molecule has 0 bridgehead atoms. The average Bonchev–Trinajstić information content (AvgIpc) is 2.33. The Morgan fingerprint density at radius 1 is 1.44 bits per heavy atom. The molecule has 0 amide bonds. The predicted molar refractivity (Wildman–Crippen MR) is 64.0 cm³/mol. The number of carbonyl (C=O) groups is 1. The number of piperidine rings is 1. The van der Waals surface area contributed by atoms with Gasteiger partial charge < -0.3 is 0 Å². The van der Waals surface area contributed by atoms with Gasteiger partial charge in [0.25, 0.3) is 0 Å². The molecule has 84 valence electrons. The van der Waals surface area contributed by atoms with E-state index >= 15 is 0 Å². The van der Waals surface area contributed by atoms with E-state index < -0.39 is 0 Å². The number of Topliss-reactive ketones (excluding diaryl/α,β-unsaturated/α-hetero) is 1. The maximum atomic E-state index is 11.7. The van der Waals surface area contributed by atoms with Gasteiger partial charge in [-0.1, -0.05) is 6.92 Å². The molecule has 1 aromatic rings. The van der Waals surface area contributed by atoms with E-state index in [0.717, 1.165) is 30.8 Å². The van der Waals surface area contributed by atoms with Crippen LogP contribution in [-0.4, -0.2) is 35.3 Å². The van der Waals surface area contributed by atoms with E-state index in [1.54, 1.807) is 12.4 Å². The molecule has 2 heterocycles. The molecule has 1 aliphatic heterocycles. The molecular formula is C13H16N2O. The van der Waals surface area contributed by atoms with Crippen LogP contribution in [-0.2, 0) is 4.79 Å². The first-order valence-electron chi connectivity index (χ1n) is 5.65. The van der Waals surface area contributed by atoms with Crippen LogP contribution in [0.1, 0.15) is 18.9 Å². The summed E-state index contributed by atoms with van der Waals surface area (Å²) in [7, 11) is 0. The van der Waals surface area contributed by atoms with Crippen molar-refractivity contribution >= 4 is 11.9 Å². The van der Waals surface area contributed by atoms with Crippen LogP contribution < -0.4 is 0 Å². The Kier molecular flexibility index (Phi) is 3.47. The molecule has 16 heavy (non-hydrogen) atoms. The van der Waals surface area contributed by atoms with E-state index in [2.05, 4.69) is 16.8 Å². The summed E-state index contributed by atoms with van der Waals surface area (Å²) in [6.45, 7) is 4.79. The summed E-state index contributed by atoms with van der Waals surface area (Å²) < 4.78 is 0. The van der Waals surface area contributed by atoms with Crippen LogP contribution in [0.4, 0.5) is 0 Å². The van der Waals surface area contributed by atoms with E-state index in [4.69, 9.17) is 0 Å². The first-order chi connectivity index (χ1) is 7.79. The van der Waals surface area contributed by atoms with Gasteiger partial charge in [0.1, 0.15) is 0 Å². The third-order valence-electron chi connectivity index (χ3n) is 2.90. The lowest BCUT2D eigenvalue weighted by atomic mass is 10.0. The molecule has 0 atom stereocenters. The predicted octanol–water partition coefficient (Wildman–Crippen LogP) is 1.76. The molecule has 1 fully saturated rings. The summed E-state index contributed by atoms with van der Waals surface area (Å²) in [6, 6.07) is 3.84. The van der Waals surface area contributed by atoms with Crippen LogP contribution in [0.2, 0.25) is 0 Å². The van der Waals surface area contributed by atoms with Crippen molar-refractivity contribution < 1.29 is 4.79 Å². The van der Waals surface area contributed by atoms with Gasteiger partial charge in [0.05, 0.1) is 0 Å². The number of rotatable bonds is 2. The zero-order valence-corrected chi connectivity index (χ0v) is 9.52. The Morgan fingerprint density at radius 2 is 2.19 bits per heavy atom. The molecule has 0 saturated carbocycles. The highest BCUT2D eigenvalue weighted by atomic mass is 16.1. The smallest absolute Gasteiger partial charge is 0.161 e. The Hall–Kier alpha value is -1.48. The fraction of sp³-hybridized carbons (Fsp3) is 0.385. The van der Waals surface area contributed by atoms with Crippen molar-refractivity contribution in [2.75, 3.05) is 19.6 Å². The highest BCUT2D eigenvalue weighted by molar-refractivity contribution is 6.00. The van der Waals surface area contributed by atoms with Crippen LogP contribution in [0.15, 0.2) is 30.1 Å². The monoisotopic (exact) mass is 216 g/mol. The third-order valence-corrected chi connectivity index (χ3v) is 2.90. The molecule has 0 radical (unpaired) electrons. The van der Waals surface area contributed by atoms with Crippen molar-refractivity contribution in [2.24, 2.45) is 0 Å². The van der Waals surface area contributed by atoms with Gasteiger partial charge in [-0.2, -0.15) is 0 Å². The fourth-order valence-corrected chi connectivity index (χ4v) is 1.89. The van der Waals surface area contributed by atoms with E-state index in [-0.39, 0.29) is 5.78 Å². The van der Waals surface area contributed by atoms with E-state index in [0.29, 0.717) is 6.42 Å². The third kappa shape index (κ3) is 2.55. The number of pyridine rings is 1. The molecule has 0 aliphatic carbocycles. The zero-order valence-electron chi connectivity index (χ0n) is 9.52. The SMILES string of the molecule is CCN1CCC(=O)/C(=C/c2ccncc2)C1. The molecular weight excluding hydrogens is 200 g/mol. The normalized spacial score (nSPS) is 20.3. The van der Waals surface area contributed by atoms with Crippen molar-refractivity contribution in [2.45, 2.75) is 13.3 Å². The highest BCUT2D eigenvalue weighted by Gasteiger charge is 2.19. The van der Waals surface area contributed by atoms with Gasteiger partial charge in [0, 0.05) is 37.5 Å². The standard InChI is InChI=1S/C13H16N2O/c1-2-15-8-5-13(16)12(10-15)9-11-3-6-14-7-4-11/h3-4,6-7,9H,2,5,8,10H2,1H3/b12-9+. The lowest BCUT2D eigenvalue weighted by Gasteiger charge is -2.26. The van der Waals surface area contributed by atoms with E-state index in [9.17, 15) is 4.79 Å². The molecule has 0 unspecified atom stereocenters. The van der Waals surface area contributed by atoms with Crippen LogP contribution in [0.5, 0.6) is 0 Å². The molecule has 2 rings (SSSR count). The number of hydrogen-bond donors (Lipinski definition) is 0. The number of hydrogen-bond acceptors (Lipinski definition) is 3. The van der Waals surface area contributed by atoms with Crippen LogP contribution in [0, 0.1) is 0 Å². The van der Waals surface area contributed by atoms with Gasteiger partial charge in [-0.25, -0.2) is 0 Å².